The van der Waals surface area contributed by atoms with Crippen molar-refractivity contribution in [3.8, 4) is 11.8 Å². The second kappa shape index (κ2) is 9.41. The molecule has 0 saturated carbocycles. The fraction of sp³-hybridized carbons (Fsp3) is 0.130. The molecule has 140 valence electrons. The highest BCUT2D eigenvalue weighted by Crippen LogP contribution is 2.30. The summed E-state index contributed by atoms with van der Waals surface area (Å²) in [7, 11) is 0. The van der Waals surface area contributed by atoms with Crippen molar-refractivity contribution in [1.29, 1.82) is 0 Å². The summed E-state index contributed by atoms with van der Waals surface area (Å²) in [5, 5.41) is 9.79. The van der Waals surface area contributed by atoms with Crippen LogP contribution in [-0.4, -0.2) is 16.8 Å². The molecule has 0 spiro atoms. The quantitative estimate of drug-likeness (QED) is 0.605. The van der Waals surface area contributed by atoms with Crippen molar-refractivity contribution in [2.45, 2.75) is 19.3 Å². The Morgan fingerprint density at radius 3 is 2.64 bits per heavy atom. The molecule has 2 aromatic rings. The van der Waals surface area contributed by atoms with Gasteiger partial charge in [-0.15, -0.1) is 0 Å². The molecule has 0 bridgehead atoms. The molecule has 0 amide bonds. The van der Waals surface area contributed by atoms with Crippen LogP contribution in [0.25, 0.3) is 11.8 Å². The predicted octanol–water partition coefficient (Wildman–Crippen LogP) is 6.11. The van der Waals surface area contributed by atoms with Crippen LogP contribution in [-0.2, 0) is 4.79 Å². The van der Waals surface area contributed by atoms with Gasteiger partial charge in [-0.05, 0) is 42.0 Å². The normalized spacial score (nSPS) is 13.1. The van der Waals surface area contributed by atoms with Gasteiger partial charge in [-0.3, -0.25) is 9.79 Å². The first-order chi connectivity index (χ1) is 13.5. The fourth-order valence-corrected chi connectivity index (χ4v) is 3.13. The minimum Gasteiger partial charge on any atom is -0.481 e. The Balaban J connectivity index is 1.62. The predicted molar refractivity (Wildman–Crippen MR) is 116 cm³/mol. The van der Waals surface area contributed by atoms with Gasteiger partial charge >= 0.3 is 5.97 Å². The largest absolute Gasteiger partial charge is 0.481 e. The summed E-state index contributed by atoms with van der Waals surface area (Å²) in [6, 6.07) is 13.2. The highest BCUT2D eigenvalue weighted by Gasteiger charge is 2.11. The van der Waals surface area contributed by atoms with E-state index >= 15 is 0 Å². The van der Waals surface area contributed by atoms with Gasteiger partial charge in [0.2, 0.25) is 0 Å². The van der Waals surface area contributed by atoms with Crippen LogP contribution in [0.4, 0.5) is 0 Å². The van der Waals surface area contributed by atoms with Crippen LogP contribution < -0.4 is 0 Å². The van der Waals surface area contributed by atoms with Crippen molar-refractivity contribution in [2.75, 3.05) is 0 Å². The molecule has 0 fully saturated rings. The van der Waals surface area contributed by atoms with E-state index in [4.69, 9.17) is 28.3 Å². The number of aliphatic carboxylic acids is 1. The second-order valence-electron chi connectivity index (χ2n) is 6.17. The third-order valence-corrected chi connectivity index (χ3v) is 4.60. The number of halogens is 2. The monoisotopic (exact) mass is 409 g/mol. The third-order valence-electron chi connectivity index (χ3n) is 4.05. The van der Waals surface area contributed by atoms with Gasteiger partial charge in [0.1, 0.15) is 0 Å². The highest BCUT2D eigenvalue weighted by atomic mass is 35.5. The van der Waals surface area contributed by atoms with Crippen LogP contribution in [0.1, 0.15) is 36.0 Å². The van der Waals surface area contributed by atoms with Crippen LogP contribution >= 0.6 is 23.2 Å². The zero-order chi connectivity index (χ0) is 19.9. The molecule has 1 heterocycles. The standard InChI is InChI=1S/C23H17Cl2NO2/c24-18-10-13-20(21(25)15-18)22-14-12-19(26-22)11-9-17-7-5-16(6-8-17)3-1-2-4-23(27)28/h5-11,13-15H,2,4,12H2,(H,27,28)/b11-9+. The average molecular weight is 410 g/mol. The molecule has 3 nitrogen and oxygen atoms in total. The highest BCUT2D eigenvalue weighted by molar-refractivity contribution is 6.35. The van der Waals surface area contributed by atoms with E-state index in [2.05, 4.69) is 16.8 Å². The van der Waals surface area contributed by atoms with E-state index in [-0.39, 0.29) is 6.42 Å². The smallest absolute Gasteiger partial charge is 0.304 e. The maximum absolute atomic E-state index is 10.5. The van der Waals surface area contributed by atoms with Gasteiger partial charge in [-0.25, -0.2) is 0 Å². The van der Waals surface area contributed by atoms with E-state index in [1.54, 1.807) is 12.1 Å². The number of aliphatic imine (C=N–C) groups is 1. The van der Waals surface area contributed by atoms with Gasteiger partial charge in [-0.1, -0.05) is 59.3 Å². The van der Waals surface area contributed by atoms with Crippen LogP contribution in [0.2, 0.25) is 10.0 Å². The first kappa shape index (κ1) is 19.9. The van der Waals surface area contributed by atoms with Crippen LogP contribution in [0.15, 0.2) is 59.6 Å². The number of hydrogen-bond donors (Lipinski definition) is 1. The fourth-order valence-electron chi connectivity index (χ4n) is 2.62. The lowest BCUT2D eigenvalue weighted by molar-refractivity contribution is -0.136. The lowest BCUT2D eigenvalue weighted by atomic mass is 10.1. The van der Waals surface area contributed by atoms with Gasteiger partial charge in [0.25, 0.3) is 0 Å². The molecular weight excluding hydrogens is 393 g/mol. The van der Waals surface area contributed by atoms with Gasteiger partial charge in [0, 0.05) is 34.7 Å². The summed E-state index contributed by atoms with van der Waals surface area (Å²) in [4.78, 5) is 15.1. The molecule has 0 unspecified atom stereocenters. The van der Waals surface area contributed by atoms with Crippen molar-refractivity contribution in [1.82, 2.24) is 0 Å². The zero-order valence-electron chi connectivity index (χ0n) is 15.0. The molecular formula is C23H17Cl2NO2. The molecule has 0 radical (unpaired) electrons. The van der Waals surface area contributed by atoms with Crippen LogP contribution in [0.3, 0.4) is 0 Å². The summed E-state index contributed by atoms with van der Waals surface area (Å²) in [5.74, 6) is 5.00. The van der Waals surface area contributed by atoms with Gasteiger partial charge in [0.15, 0.2) is 0 Å². The molecule has 1 aliphatic heterocycles. The van der Waals surface area contributed by atoms with Gasteiger partial charge < -0.3 is 5.11 Å². The number of carboxylic acids is 1. The lowest BCUT2D eigenvalue weighted by Gasteiger charge is -2.02. The van der Waals surface area contributed by atoms with Crippen molar-refractivity contribution in [2.24, 2.45) is 4.99 Å². The van der Waals surface area contributed by atoms with Crippen LogP contribution in [0.5, 0.6) is 0 Å². The Morgan fingerprint density at radius 2 is 1.93 bits per heavy atom. The Kier molecular flexibility index (Phi) is 6.71. The maximum atomic E-state index is 10.5. The molecule has 0 aromatic heterocycles. The molecule has 0 atom stereocenters. The number of carbonyl (C=O) groups is 1. The second-order valence-corrected chi connectivity index (χ2v) is 7.02. The minimum atomic E-state index is -0.833. The summed E-state index contributed by atoms with van der Waals surface area (Å²) in [5.41, 5.74) is 4.59. The molecule has 2 aromatic carbocycles. The molecule has 3 rings (SSSR count). The van der Waals surface area contributed by atoms with Crippen molar-refractivity contribution in [3.05, 3.63) is 81.4 Å². The van der Waals surface area contributed by atoms with Gasteiger partial charge in [-0.2, -0.15) is 0 Å². The summed E-state index contributed by atoms with van der Waals surface area (Å²) in [6.07, 6.45) is 7.20. The number of allylic oxidation sites excluding steroid dienone is 2. The van der Waals surface area contributed by atoms with E-state index in [0.29, 0.717) is 16.5 Å². The number of rotatable bonds is 5. The molecule has 1 aliphatic rings. The van der Waals surface area contributed by atoms with E-state index < -0.39 is 5.97 Å². The van der Waals surface area contributed by atoms with E-state index in [1.165, 1.54) is 0 Å². The van der Waals surface area contributed by atoms with E-state index in [1.807, 2.05) is 48.6 Å². The van der Waals surface area contributed by atoms with Crippen molar-refractivity contribution < 1.29 is 9.90 Å². The average Bonchev–Trinajstić information content (AvgIpc) is 3.13. The molecule has 0 saturated heterocycles. The maximum Gasteiger partial charge on any atom is 0.304 e. The number of benzene rings is 2. The van der Waals surface area contributed by atoms with Crippen molar-refractivity contribution in [3.63, 3.8) is 0 Å². The Hall–Kier alpha value is -2.80. The van der Waals surface area contributed by atoms with Gasteiger partial charge in [0.05, 0.1) is 17.1 Å². The SMILES string of the molecule is O=C(O)CCC#Cc1ccc(/C=C/C2=NC(c3ccc(Cl)cc3Cl)=CC2)cc1. The zero-order valence-corrected chi connectivity index (χ0v) is 16.5. The van der Waals surface area contributed by atoms with Crippen molar-refractivity contribution >= 4 is 46.7 Å². The number of carboxylic acid groups (broad SMARTS) is 1. The Bertz CT molecular complexity index is 1040. The first-order valence-corrected chi connectivity index (χ1v) is 9.49. The van der Waals surface area contributed by atoms with Crippen LogP contribution in [0, 0.1) is 11.8 Å². The molecule has 28 heavy (non-hydrogen) atoms. The Morgan fingerprint density at radius 1 is 1.14 bits per heavy atom. The summed E-state index contributed by atoms with van der Waals surface area (Å²) >= 11 is 12.2. The lowest BCUT2D eigenvalue weighted by Crippen LogP contribution is -1.91. The minimum absolute atomic E-state index is 0.0627. The van der Waals surface area contributed by atoms with E-state index in [0.717, 1.165) is 34.5 Å². The van der Waals surface area contributed by atoms with E-state index in [9.17, 15) is 4.79 Å². The summed E-state index contributed by atoms with van der Waals surface area (Å²) in [6.45, 7) is 0. The number of nitrogens with zero attached hydrogens (tertiary/aromatic N) is 1. The molecule has 5 heteroatoms. The number of hydrogen-bond acceptors (Lipinski definition) is 2. The topological polar surface area (TPSA) is 49.7 Å². The first-order valence-electron chi connectivity index (χ1n) is 8.73. The molecule has 1 N–H and O–H groups in total. The third kappa shape index (κ3) is 5.60. The molecule has 0 aliphatic carbocycles. The Labute approximate surface area is 174 Å². The summed E-state index contributed by atoms with van der Waals surface area (Å²) < 4.78 is 0.